The summed E-state index contributed by atoms with van der Waals surface area (Å²) in [6.45, 7) is 6.49. The van der Waals surface area contributed by atoms with Crippen LogP contribution in [0.4, 0.5) is 5.69 Å². The third-order valence-electron chi connectivity index (χ3n) is 6.61. The number of anilines is 1. The molecule has 3 aliphatic heterocycles. The van der Waals surface area contributed by atoms with Gasteiger partial charge in [-0.25, -0.2) is 0 Å². The van der Waals surface area contributed by atoms with E-state index in [1.807, 2.05) is 17.0 Å². The number of aromatic nitrogens is 3. The molecule has 5 rings (SSSR count). The zero-order valence-corrected chi connectivity index (χ0v) is 17.0. The molecule has 1 aromatic carbocycles. The maximum atomic E-state index is 13.2. The number of rotatable bonds is 3. The molecular weight excluding hydrogens is 364 g/mol. The molecule has 0 unspecified atom stereocenters. The second kappa shape index (κ2) is 8.14. The van der Waals surface area contributed by atoms with Crippen molar-refractivity contribution in [1.29, 1.82) is 0 Å². The van der Waals surface area contributed by atoms with Crippen LogP contribution in [-0.2, 0) is 13.0 Å². The predicted molar refractivity (Wildman–Crippen MR) is 112 cm³/mol. The lowest BCUT2D eigenvalue weighted by Crippen LogP contribution is -2.34. The predicted octanol–water partition coefficient (Wildman–Crippen LogP) is 2.04. The summed E-state index contributed by atoms with van der Waals surface area (Å²) in [5.74, 6) is 2.76. The average molecular weight is 395 g/mol. The number of nitrogens with one attached hydrogen (secondary N) is 1. The summed E-state index contributed by atoms with van der Waals surface area (Å²) >= 11 is 0. The summed E-state index contributed by atoms with van der Waals surface area (Å²) in [6.07, 6.45) is 5.48. The quantitative estimate of drug-likeness (QED) is 0.863. The fraction of sp³-hybridized carbons (Fsp3) is 0.591. The van der Waals surface area contributed by atoms with Gasteiger partial charge in [-0.3, -0.25) is 4.79 Å². The maximum Gasteiger partial charge on any atom is 0.254 e. The van der Waals surface area contributed by atoms with Crippen molar-refractivity contribution in [3.8, 4) is 0 Å². The number of amides is 1. The molecule has 7 nitrogen and oxygen atoms in total. The van der Waals surface area contributed by atoms with Crippen molar-refractivity contribution in [3.05, 3.63) is 41.5 Å². The Labute approximate surface area is 172 Å². The topological polar surface area (TPSA) is 66.3 Å². The van der Waals surface area contributed by atoms with Gasteiger partial charge < -0.3 is 19.7 Å². The van der Waals surface area contributed by atoms with Crippen LogP contribution in [0.1, 0.15) is 53.6 Å². The van der Waals surface area contributed by atoms with Gasteiger partial charge >= 0.3 is 0 Å². The third kappa shape index (κ3) is 3.75. The van der Waals surface area contributed by atoms with Crippen molar-refractivity contribution in [2.24, 2.45) is 0 Å². The minimum absolute atomic E-state index is 0.133. The Balaban J connectivity index is 1.30. The molecule has 0 saturated carbocycles. The minimum Gasteiger partial charge on any atom is -0.372 e. The van der Waals surface area contributed by atoms with Gasteiger partial charge in [-0.15, -0.1) is 10.2 Å². The summed E-state index contributed by atoms with van der Waals surface area (Å²) < 4.78 is 2.28. The number of hydrogen-bond donors (Lipinski definition) is 1. The minimum atomic E-state index is 0.133. The van der Waals surface area contributed by atoms with Gasteiger partial charge in [0.2, 0.25) is 0 Å². The highest BCUT2D eigenvalue weighted by Gasteiger charge is 2.27. The number of benzene rings is 1. The van der Waals surface area contributed by atoms with E-state index in [0.29, 0.717) is 12.5 Å². The molecule has 154 valence electrons. The smallest absolute Gasteiger partial charge is 0.254 e. The highest BCUT2D eigenvalue weighted by atomic mass is 16.2. The third-order valence-corrected chi connectivity index (χ3v) is 6.61. The number of piperidine rings is 1. The van der Waals surface area contributed by atoms with E-state index in [1.54, 1.807) is 0 Å². The van der Waals surface area contributed by atoms with Gasteiger partial charge in [-0.2, -0.15) is 0 Å². The zero-order valence-electron chi connectivity index (χ0n) is 17.0. The van der Waals surface area contributed by atoms with Gasteiger partial charge in [0.05, 0.1) is 0 Å². The van der Waals surface area contributed by atoms with E-state index in [-0.39, 0.29) is 5.91 Å². The van der Waals surface area contributed by atoms with Gasteiger partial charge in [0.15, 0.2) is 0 Å². The molecular formula is C22H30N6O. The average Bonchev–Trinajstić information content (AvgIpc) is 3.41. The Bertz CT molecular complexity index is 866. The lowest BCUT2D eigenvalue weighted by Gasteiger charge is -2.24. The molecule has 3 aliphatic rings. The standard InChI is InChI=1S/C22H30N6O/c29-22(18-4-3-5-19(16-18)26-11-1-2-12-26)27-13-8-20-24-25-21(28(20)15-14-27)17-6-9-23-10-7-17/h3-5,16-17,23H,1-2,6-15H2. The SMILES string of the molecule is O=C(c1cccc(N2CCCC2)c1)N1CCc2nnc(C3CCNCC3)n2CC1. The molecule has 4 heterocycles. The summed E-state index contributed by atoms with van der Waals surface area (Å²) in [6, 6.07) is 8.16. The molecule has 0 spiro atoms. The van der Waals surface area contributed by atoms with Crippen molar-refractivity contribution >= 4 is 11.6 Å². The van der Waals surface area contributed by atoms with Gasteiger partial charge in [-0.05, 0) is 57.0 Å². The van der Waals surface area contributed by atoms with Crippen molar-refractivity contribution < 1.29 is 4.79 Å². The molecule has 2 saturated heterocycles. The molecule has 0 radical (unpaired) electrons. The Morgan fingerprint density at radius 1 is 1.00 bits per heavy atom. The van der Waals surface area contributed by atoms with Crippen LogP contribution >= 0.6 is 0 Å². The van der Waals surface area contributed by atoms with E-state index < -0.39 is 0 Å². The lowest BCUT2D eigenvalue weighted by atomic mass is 9.97. The molecule has 29 heavy (non-hydrogen) atoms. The van der Waals surface area contributed by atoms with Crippen LogP contribution in [0, 0.1) is 0 Å². The second-order valence-electron chi connectivity index (χ2n) is 8.44. The zero-order chi connectivity index (χ0) is 19.6. The summed E-state index contributed by atoms with van der Waals surface area (Å²) in [5, 5.41) is 12.4. The first-order chi connectivity index (χ1) is 14.3. The Morgan fingerprint density at radius 3 is 2.66 bits per heavy atom. The number of hydrogen-bond acceptors (Lipinski definition) is 5. The fourth-order valence-corrected chi connectivity index (χ4v) is 4.92. The van der Waals surface area contributed by atoms with Crippen LogP contribution in [0.2, 0.25) is 0 Å². The van der Waals surface area contributed by atoms with Gasteiger partial charge in [0.25, 0.3) is 5.91 Å². The van der Waals surface area contributed by atoms with Crippen LogP contribution in [0.5, 0.6) is 0 Å². The van der Waals surface area contributed by atoms with Crippen LogP contribution in [0.3, 0.4) is 0 Å². The van der Waals surface area contributed by atoms with Gasteiger partial charge in [0, 0.05) is 56.3 Å². The summed E-state index contributed by atoms with van der Waals surface area (Å²) in [4.78, 5) is 17.6. The van der Waals surface area contributed by atoms with E-state index >= 15 is 0 Å². The molecule has 0 bridgehead atoms. The second-order valence-corrected chi connectivity index (χ2v) is 8.44. The first kappa shape index (κ1) is 18.6. The van der Waals surface area contributed by atoms with E-state index in [4.69, 9.17) is 0 Å². The van der Waals surface area contributed by atoms with E-state index in [1.165, 1.54) is 18.5 Å². The van der Waals surface area contributed by atoms with Crippen LogP contribution < -0.4 is 10.2 Å². The van der Waals surface area contributed by atoms with Crippen molar-refractivity contribution in [2.45, 2.75) is 44.6 Å². The van der Waals surface area contributed by atoms with Crippen molar-refractivity contribution in [2.75, 3.05) is 44.2 Å². The number of carbonyl (C=O) groups is 1. The maximum absolute atomic E-state index is 13.2. The normalized spacial score (nSPS) is 20.6. The van der Waals surface area contributed by atoms with E-state index in [0.717, 1.165) is 75.7 Å². The van der Waals surface area contributed by atoms with E-state index in [9.17, 15) is 4.79 Å². The molecule has 1 N–H and O–H groups in total. The Kier molecular flexibility index (Phi) is 5.23. The van der Waals surface area contributed by atoms with Gasteiger partial charge in [0.1, 0.15) is 11.6 Å². The van der Waals surface area contributed by atoms with E-state index in [2.05, 4.69) is 37.1 Å². The number of nitrogens with zero attached hydrogens (tertiary/aromatic N) is 5. The fourth-order valence-electron chi connectivity index (χ4n) is 4.92. The molecule has 0 atom stereocenters. The van der Waals surface area contributed by atoms with Crippen LogP contribution in [0.15, 0.2) is 24.3 Å². The molecule has 1 aromatic heterocycles. The van der Waals surface area contributed by atoms with Crippen molar-refractivity contribution in [1.82, 2.24) is 25.0 Å². The monoisotopic (exact) mass is 394 g/mol. The molecule has 0 aliphatic carbocycles. The highest BCUT2D eigenvalue weighted by molar-refractivity contribution is 5.95. The molecule has 2 aromatic rings. The summed E-state index contributed by atoms with van der Waals surface area (Å²) in [5.41, 5.74) is 1.97. The highest BCUT2D eigenvalue weighted by Crippen LogP contribution is 2.26. The lowest BCUT2D eigenvalue weighted by molar-refractivity contribution is 0.0758. The van der Waals surface area contributed by atoms with Crippen LogP contribution in [0.25, 0.3) is 0 Å². The van der Waals surface area contributed by atoms with Crippen LogP contribution in [-0.4, -0.2) is 64.8 Å². The largest absolute Gasteiger partial charge is 0.372 e. The Hall–Kier alpha value is -2.41. The first-order valence-electron chi connectivity index (χ1n) is 11.1. The molecule has 2 fully saturated rings. The first-order valence-corrected chi connectivity index (χ1v) is 11.1. The Morgan fingerprint density at radius 2 is 1.83 bits per heavy atom. The number of carbonyl (C=O) groups excluding carboxylic acids is 1. The van der Waals surface area contributed by atoms with Crippen molar-refractivity contribution in [3.63, 3.8) is 0 Å². The summed E-state index contributed by atoms with van der Waals surface area (Å²) in [7, 11) is 0. The van der Waals surface area contributed by atoms with Gasteiger partial charge in [-0.1, -0.05) is 6.07 Å². The molecule has 1 amide bonds. The number of fused-ring (bicyclic) bond motifs is 1. The molecule has 7 heteroatoms.